The Balaban J connectivity index is 2.91. The van der Waals surface area contributed by atoms with Gasteiger partial charge in [-0.1, -0.05) is 12.2 Å². The van der Waals surface area contributed by atoms with Gasteiger partial charge in [0.1, 0.15) is 0 Å². The molecule has 2 N–H and O–H groups in total. The molecule has 0 rings (SSSR count). The lowest BCUT2D eigenvalue weighted by Crippen LogP contribution is -2.17. The predicted octanol–water partition coefficient (Wildman–Crippen LogP) is 1.64. The minimum absolute atomic E-state index is 0.334. The highest BCUT2D eigenvalue weighted by molar-refractivity contribution is 7.99. The summed E-state index contributed by atoms with van der Waals surface area (Å²) in [6.07, 6.45) is 4.21. The molecule has 0 aliphatic rings. The fourth-order valence-corrected chi connectivity index (χ4v) is 1.25. The summed E-state index contributed by atoms with van der Waals surface area (Å²) in [5, 5.41) is 0. The Morgan fingerprint density at radius 3 is 2.78 bits per heavy atom. The summed E-state index contributed by atoms with van der Waals surface area (Å²) in [7, 11) is 0. The van der Waals surface area contributed by atoms with Gasteiger partial charge in [0.15, 0.2) is 0 Å². The Morgan fingerprint density at radius 1 is 1.67 bits per heavy atom. The van der Waals surface area contributed by atoms with E-state index in [1.165, 1.54) is 0 Å². The second-order valence-corrected chi connectivity index (χ2v) is 3.16. The summed E-state index contributed by atoms with van der Waals surface area (Å²) in [6, 6.07) is 0.334. The lowest BCUT2D eigenvalue weighted by Gasteiger charge is -2.00. The van der Waals surface area contributed by atoms with Crippen LogP contribution in [0.1, 0.15) is 13.8 Å². The first-order chi connectivity index (χ1) is 4.27. The zero-order chi connectivity index (χ0) is 7.11. The van der Waals surface area contributed by atoms with E-state index in [1.54, 1.807) is 0 Å². The molecular weight excluding hydrogens is 130 g/mol. The van der Waals surface area contributed by atoms with Crippen molar-refractivity contribution in [3.05, 3.63) is 12.2 Å². The van der Waals surface area contributed by atoms with Crippen molar-refractivity contribution >= 4 is 11.8 Å². The van der Waals surface area contributed by atoms with Crippen LogP contribution in [0.4, 0.5) is 0 Å². The van der Waals surface area contributed by atoms with Gasteiger partial charge in [0, 0.05) is 17.5 Å². The molecule has 9 heavy (non-hydrogen) atoms. The van der Waals surface area contributed by atoms with Crippen molar-refractivity contribution in [1.82, 2.24) is 0 Å². The van der Waals surface area contributed by atoms with E-state index >= 15 is 0 Å². The Hall–Kier alpha value is 0.0500. The van der Waals surface area contributed by atoms with Gasteiger partial charge < -0.3 is 5.73 Å². The SMILES string of the molecule is CC=CCSCC(C)N. The minimum Gasteiger partial charge on any atom is -0.327 e. The maximum atomic E-state index is 5.53. The summed E-state index contributed by atoms with van der Waals surface area (Å²) in [4.78, 5) is 0. The molecule has 0 aromatic rings. The lowest BCUT2D eigenvalue weighted by molar-refractivity contribution is 0.848. The lowest BCUT2D eigenvalue weighted by atomic mass is 10.4. The predicted molar refractivity (Wildman–Crippen MR) is 45.8 cm³/mol. The van der Waals surface area contributed by atoms with Crippen molar-refractivity contribution in [3.63, 3.8) is 0 Å². The van der Waals surface area contributed by atoms with Crippen LogP contribution in [-0.2, 0) is 0 Å². The van der Waals surface area contributed by atoms with E-state index in [9.17, 15) is 0 Å². The molecule has 54 valence electrons. The molecular formula is C7H15NS. The number of hydrogen-bond acceptors (Lipinski definition) is 2. The third-order valence-corrected chi connectivity index (χ3v) is 2.02. The molecule has 0 radical (unpaired) electrons. The number of rotatable bonds is 4. The number of hydrogen-bond donors (Lipinski definition) is 1. The van der Waals surface area contributed by atoms with Crippen LogP contribution in [0.25, 0.3) is 0 Å². The molecule has 0 bridgehead atoms. The van der Waals surface area contributed by atoms with E-state index < -0.39 is 0 Å². The first-order valence-corrected chi connectivity index (χ1v) is 4.37. The molecule has 2 heteroatoms. The highest BCUT2D eigenvalue weighted by atomic mass is 32.2. The highest BCUT2D eigenvalue weighted by Gasteiger charge is 1.90. The maximum absolute atomic E-state index is 5.53. The van der Waals surface area contributed by atoms with Crippen LogP contribution in [0.3, 0.4) is 0 Å². The first-order valence-electron chi connectivity index (χ1n) is 3.22. The quantitative estimate of drug-likeness (QED) is 0.481. The van der Waals surface area contributed by atoms with Gasteiger partial charge in [-0.2, -0.15) is 11.8 Å². The molecule has 0 aromatic carbocycles. The number of allylic oxidation sites excluding steroid dienone is 1. The van der Waals surface area contributed by atoms with Gasteiger partial charge in [-0.3, -0.25) is 0 Å². The summed E-state index contributed by atoms with van der Waals surface area (Å²) in [5.74, 6) is 2.16. The molecule has 0 spiro atoms. The van der Waals surface area contributed by atoms with E-state index in [1.807, 2.05) is 25.6 Å². The van der Waals surface area contributed by atoms with Crippen LogP contribution in [0.2, 0.25) is 0 Å². The largest absolute Gasteiger partial charge is 0.327 e. The van der Waals surface area contributed by atoms with Crippen LogP contribution in [0, 0.1) is 0 Å². The minimum atomic E-state index is 0.334. The van der Waals surface area contributed by atoms with Crippen LogP contribution >= 0.6 is 11.8 Å². The third-order valence-electron chi connectivity index (χ3n) is 0.831. The molecule has 0 aliphatic heterocycles. The first kappa shape index (κ1) is 9.05. The number of thioether (sulfide) groups is 1. The van der Waals surface area contributed by atoms with Crippen molar-refractivity contribution < 1.29 is 0 Å². The molecule has 1 unspecified atom stereocenters. The number of nitrogens with two attached hydrogens (primary N) is 1. The molecule has 0 saturated heterocycles. The van der Waals surface area contributed by atoms with Crippen molar-refractivity contribution in [2.75, 3.05) is 11.5 Å². The average Bonchev–Trinajstić information content (AvgIpc) is 1.80. The summed E-state index contributed by atoms with van der Waals surface area (Å²) < 4.78 is 0. The third kappa shape index (κ3) is 8.05. The molecule has 1 nitrogen and oxygen atoms in total. The van der Waals surface area contributed by atoms with Crippen molar-refractivity contribution in [2.24, 2.45) is 5.73 Å². The maximum Gasteiger partial charge on any atom is 0.0113 e. The average molecular weight is 145 g/mol. The smallest absolute Gasteiger partial charge is 0.0113 e. The fourth-order valence-electron chi connectivity index (χ4n) is 0.418. The Morgan fingerprint density at radius 2 is 2.33 bits per heavy atom. The normalized spacial score (nSPS) is 14.6. The topological polar surface area (TPSA) is 26.0 Å². The van der Waals surface area contributed by atoms with E-state index in [-0.39, 0.29) is 0 Å². The van der Waals surface area contributed by atoms with Gasteiger partial charge in [-0.05, 0) is 13.8 Å². The van der Waals surface area contributed by atoms with Gasteiger partial charge in [-0.15, -0.1) is 0 Å². The monoisotopic (exact) mass is 145 g/mol. The zero-order valence-electron chi connectivity index (χ0n) is 6.13. The zero-order valence-corrected chi connectivity index (χ0v) is 6.95. The van der Waals surface area contributed by atoms with Crippen molar-refractivity contribution in [1.29, 1.82) is 0 Å². The van der Waals surface area contributed by atoms with Gasteiger partial charge >= 0.3 is 0 Å². The van der Waals surface area contributed by atoms with E-state index in [2.05, 4.69) is 12.2 Å². The van der Waals surface area contributed by atoms with Crippen molar-refractivity contribution in [3.8, 4) is 0 Å². The second kappa shape index (κ2) is 6.17. The standard InChI is InChI=1S/C7H15NS/c1-3-4-5-9-6-7(2)8/h3-4,7H,5-6,8H2,1-2H3. The van der Waals surface area contributed by atoms with Crippen molar-refractivity contribution in [2.45, 2.75) is 19.9 Å². The summed E-state index contributed by atoms with van der Waals surface area (Å²) in [6.45, 7) is 4.06. The molecule has 0 aromatic heterocycles. The van der Waals surface area contributed by atoms with Gasteiger partial charge in [0.05, 0.1) is 0 Å². The summed E-state index contributed by atoms with van der Waals surface area (Å²) in [5.41, 5.74) is 5.53. The van der Waals surface area contributed by atoms with Crippen LogP contribution in [-0.4, -0.2) is 17.5 Å². The Bertz CT molecular complexity index is 79.0. The fraction of sp³-hybridized carbons (Fsp3) is 0.714. The highest BCUT2D eigenvalue weighted by Crippen LogP contribution is 2.00. The molecule has 0 fully saturated rings. The van der Waals surface area contributed by atoms with Crippen LogP contribution in [0.15, 0.2) is 12.2 Å². The van der Waals surface area contributed by atoms with Gasteiger partial charge in [0.25, 0.3) is 0 Å². The molecule has 0 aliphatic carbocycles. The Labute approximate surface area is 61.7 Å². The molecule has 0 amide bonds. The summed E-state index contributed by atoms with van der Waals surface area (Å²) >= 11 is 1.87. The van der Waals surface area contributed by atoms with E-state index in [4.69, 9.17) is 5.73 Å². The Kier molecular flexibility index (Phi) is 6.21. The molecule has 0 heterocycles. The van der Waals surface area contributed by atoms with Gasteiger partial charge in [0.2, 0.25) is 0 Å². The van der Waals surface area contributed by atoms with E-state index in [0.29, 0.717) is 6.04 Å². The molecule has 0 saturated carbocycles. The molecule has 1 atom stereocenters. The second-order valence-electron chi connectivity index (χ2n) is 2.08. The van der Waals surface area contributed by atoms with E-state index in [0.717, 1.165) is 11.5 Å². The van der Waals surface area contributed by atoms with Crippen LogP contribution in [0.5, 0.6) is 0 Å². The van der Waals surface area contributed by atoms with Gasteiger partial charge in [-0.25, -0.2) is 0 Å². The van der Waals surface area contributed by atoms with Crippen LogP contribution < -0.4 is 5.73 Å².